The smallest absolute Gasteiger partial charge is 0.272 e. The molecule has 0 unspecified atom stereocenters. The van der Waals surface area contributed by atoms with E-state index in [0.29, 0.717) is 12.2 Å². The number of carbonyl (C=O) groups is 1. The zero-order valence-corrected chi connectivity index (χ0v) is 10.00. The first-order valence-electron chi connectivity index (χ1n) is 5.81. The van der Waals surface area contributed by atoms with E-state index in [-0.39, 0.29) is 5.91 Å². The third-order valence-corrected chi connectivity index (χ3v) is 2.76. The third-order valence-electron chi connectivity index (χ3n) is 2.76. The molecule has 0 bridgehead atoms. The molecule has 1 aromatic carbocycles. The number of hydrogen-bond acceptors (Lipinski definition) is 4. The SMILES string of the molecule is O=C(NCc1ccncn1)c1n[nH]c2ccccc12. The summed E-state index contributed by atoms with van der Waals surface area (Å²) in [4.78, 5) is 19.9. The molecular weight excluding hydrogens is 242 g/mol. The minimum atomic E-state index is -0.226. The number of aromatic amines is 1. The van der Waals surface area contributed by atoms with Crippen LogP contribution in [0.2, 0.25) is 0 Å². The Hall–Kier alpha value is -2.76. The van der Waals surface area contributed by atoms with Crippen LogP contribution in [-0.2, 0) is 6.54 Å². The average molecular weight is 253 g/mol. The highest BCUT2D eigenvalue weighted by Crippen LogP contribution is 2.14. The summed E-state index contributed by atoms with van der Waals surface area (Å²) in [5.74, 6) is -0.226. The van der Waals surface area contributed by atoms with Crippen molar-refractivity contribution in [3.8, 4) is 0 Å². The number of aromatic nitrogens is 4. The first kappa shape index (κ1) is 11.3. The minimum absolute atomic E-state index is 0.226. The normalized spacial score (nSPS) is 10.5. The fraction of sp³-hybridized carbons (Fsp3) is 0.0769. The van der Waals surface area contributed by atoms with Crippen LogP contribution in [0.25, 0.3) is 10.9 Å². The topological polar surface area (TPSA) is 83.6 Å². The quantitative estimate of drug-likeness (QED) is 0.736. The van der Waals surface area contributed by atoms with E-state index in [9.17, 15) is 4.79 Å². The van der Waals surface area contributed by atoms with E-state index in [0.717, 1.165) is 16.6 Å². The Morgan fingerprint density at radius 1 is 1.26 bits per heavy atom. The molecule has 0 aliphatic carbocycles. The monoisotopic (exact) mass is 253 g/mol. The van der Waals surface area contributed by atoms with Crippen molar-refractivity contribution in [1.82, 2.24) is 25.5 Å². The van der Waals surface area contributed by atoms with E-state index < -0.39 is 0 Å². The fourth-order valence-electron chi connectivity index (χ4n) is 1.81. The van der Waals surface area contributed by atoms with Gasteiger partial charge in [-0.2, -0.15) is 5.10 Å². The van der Waals surface area contributed by atoms with Crippen molar-refractivity contribution in [2.24, 2.45) is 0 Å². The van der Waals surface area contributed by atoms with E-state index in [2.05, 4.69) is 25.5 Å². The zero-order chi connectivity index (χ0) is 13.1. The molecule has 19 heavy (non-hydrogen) atoms. The molecule has 0 spiro atoms. The van der Waals surface area contributed by atoms with Crippen LogP contribution in [-0.4, -0.2) is 26.1 Å². The van der Waals surface area contributed by atoms with Gasteiger partial charge in [-0.05, 0) is 12.1 Å². The van der Waals surface area contributed by atoms with Crippen LogP contribution in [0.1, 0.15) is 16.2 Å². The van der Waals surface area contributed by atoms with Crippen molar-refractivity contribution >= 4 is 16.8 Å². The maximum Gasteiger partial charge on any atom is 0.272 e. The number of benzene rings is 1. The first-order valence-corrected chi connectivity index (χ1v) is 5.81. The lowest BCUT2D eigenvalue weighted by molar-refractivity contribution is 0.0947. The van der Waals surface area contributed by atoms with Crippen LogP contribution in [0.3, 0.4) is 0 Å². The summed E-state index contributed by atoms with van der Waals surface area (Å²) in [5, 5.41) is 10.5. The average Bonchev–Trinajstić information content (AvgIpc) is 2.90. The van der Waals surface area contributed by atoms with Crippen molar-refractivity contribution < 1.29 is 4.79 Å². The summed E-state index contributed by atoms with van der Waals surface area (Å²) in [6, 6.07) is 9.26. The molecule has 2 aromatic heterocycles. The van der Waals surface area contributed by atoms with Crippen LogP contribution in [0, 0.1) is 0 Å². The van der Waals surface area contributed by atoms with Crippen molar-refractivity contribution in [2.75, 3.05) is 0 Å². The van der Waals surface area contributed by atoms with Gasteiger partial charge < -0.3 is 5.32 Å². The van der Waals surface area contributed by atoms with Crippen LogP contribution < -0.4 is 5.32 Å². The van der Waals surface area contributed by atoms with E-state index in [1.807, 2.05) is 24.3 Å². The summed E-state index contributed by atoms with van der Waals surface area (Å²) in [5.41, 5.74) is 1.99. The van der Waals surface area contributed by atoms with Crippen LogP contribution in [0.4, 0.5) is 0 Å². The summed E-state index contributed by atoms with van der Waals surface area (Å²) < 4.78 is 0. The molecule has 6 nitrogen and oxygen atoms in total. The number of para-hydroxylation sites is 1. The molecule has 0 saturated carbocycles. The standard InChI is InChI=1S/C13H11N5O/c19-13(15-7-9-5-6-14-8-16-9)12-10-3-1-2-4-11(10)17-18-12/h1-6,8H,7H2,(H,15,19)(H,17,18). The molecule has 0 radical (unpaired) electrons. The van der Waals surface area contributed by atoms with Gasteiger partial charge in [0.1, 0.15) is 6.33 Å². The van der Waals surface area contributed by atoms with Gasteiger partial charge in [-0.15, -0.1) is 0 Å². The number of nitrogens with zero attached hydrogens (tertiary/aromatic N) is 3. The maximum absolute atomic E-state index is 12.1. The summed E-state index contributed by atoms with van der Waals surface area (Å²) >= 11 is 0. The van der Waals surface area contributed by atoms with Crippen LogP contribution >= 0.6 is 0 Å². The van der Waals surface area contributed by atoms with Gasteiger partial charge in [-0.1, -0.05) is 18.2 Å². The lowest BCUT2D eigenvalue weighted by Crippen LogP contribution is -2.23. The number of amides is 1. The van der Waals surface area contributed by atoms with Crippen molar-refractivity contribution in [2.45, 2.75) is 6.54 Å². The molecule has 3 rings (SSSR count). The van der Waals surface area contributed by atoms with Crippen molar-refractivity contribution in [3.05, 3.63) is 54.2 Å². The highest BCUT2D eigenvalue weighted by molar-refractivity contribution is 6.04. The number of rotatable bonds is 3. The Bertz CT molecular complexity index is 707. The second kappa shape index (κ2) is 4.85. The van der Waals surface area contributed by atoms with E-state index in [4.69, 9.17) is 0 Å². The second-order valence-electron chi connectivity index (χ2n) is 4.00. The molecule has 2 N–H and O–H groups in total. The summed E-state index contributed by atoms with van der Waals surface area (Å²) in [6.45, 7) is 0.350. The Morgan fingerprint density at radius 2 is 2.16 bits per heavy atom. The second-order valence-corrected chi connectivity index (χ2v) is 4.00. The van der Waals surface area contributed by atoms with Gasteiger partial charge in [-0.25, -0.2) is 9.97 Å². The van der Waals surface area contributed by atoms with Gasteiger partial charge in [0.2, 0.25) is 0 Å². The van der Waals surface area contributed by atoms with Gasteiger partial charge >= 0.3 is 0 Å². The summed E-state index contributed by atoms with van der Waals surface area (Å²) in [7, 11) is 0. The lowest BCUT2D eigenvalue weighted by atomic mass is 10.2. The number of hydrogen-bond donors (Lipinski definition) is 2. The van der Waals surface area contributed by atoms with Gasteiger partial charge in [0.15, 0.2) is 5.69 Å². The molecule has 0 aliphatic heterocycles. The molecule has 0 fully saturated rings. The highest BCUT2D eigenvalue weighted by atomic mass is 16.1. The number of nitrogens with one attached hydrogen (secondary N) is 2. The third kappa shape index (κ3) is 2.28. The number of carbonyl (C=O) groups excluding carboxylic acids is 1. The number of fused-ring (bicyclic) bond motifs is 1. The van der Waals surface area contributed by atoms with E-state index >= 15 is 0 Å². The largest absolute Gasteiger partial charge is 0.345 e. The van der Waals surface area contributed by atoms with Crippen molar-refractivity contribution in [3.63, 3.8) is 0 Å². The Balaban J connectivity index is 1.77. The van der Waals surface area contributed by atoms with Gasteiger partial charge in [0.25, 0.3) is 5.91 Å². The Morgan fingerprint density at radius 3 is 3.00 bits per heavy atom. The zero-order valence-electron chi connectivity index (χ0n) is 10.00. The number of H-pyrrole nitrogens is 1. The van der Waals surface area contributed by atoms with Crippen LogP contribution in [0.15, 0.2) is 42.9 Å². The molecule has 3 aromatic rings. The predicted molar refractivity (Wildman–Crippen MR) is 69.3 cm³/mol. The maximum atomic E-state index is 12.1. The predicted octanol–water partition coefficient (Wildman–Crippen LogP) is 1.28. The minimum Gasteiger partial charge on any atom is -0.345 e. The molecule has 0 aliphatic rings. The molecule has 2 heterocycles. The Kier molecular flexibility index (Phi) is 2.89. The van der Waals surface area contributed by atoms with Crippen LogP contribution in [0.5, 0.6) is 0 Å². The van der Waals surface area contributed by atoms with E-state index in [1.54, 1.807) is 12.3 Å². The molecule has 94 valence electrons. The Labute approximate surface area is 108 Å². The summed E-state index contributed by atoms with van der Waals surface area (Å²) in [6.07, 6.45) is 3.09. The lowest BCUT2D eigenvalue weighted by Gasteiger charge is -2.02. The van der Waals surface area contributed by atoms with Gasteiger partial charge in [-0.3, -0.25) is 9.89 Å². The first-order chi connectivity index (χ1) is 9.34. The molecule has 0 atom stereocenters. The fourth-order valence-corrected chi connectivity index (χ4v) is 1.81. The molecular formula is C13H11N5O. The molecule has 1 amide bonds. The van der Waals surface area contributed by atoms with Gasteiger partial charge in [0.05, 0.1) is 17.8 Å². The van der Waals surface area contributed by atoms with E-state index in [1.165, 1.54) is 6.33 Å². The van der Waals surface area contributed by atoms with Crippen molar-refractivity contribution in [1.29, 1.82) is 0 Å². The highest BCUT2D eigenvalue weighted by Gasteiger charge is 2.13. The molecule has 0 saturated heterocycles. The molecule has 6 heteroatoms. The van der Waals surface area contributed by atoms with Gasteiger partial charge in [0, 0.05) is 11.6 Å².